The van der Waals surface area contributed by atoms with E-state index < -0.39 is 0 Å². The first-order valence-corrected chi connectivity index (χ1v) is 9.46. The van der Waals surface area contributed by atoms with Crippen molar-refractivity contribution < 1.29 is 4.79 Å². The summed E-state index contributed by atoms with van der Waals surface area (Å²) in [6.07, 6.45) is 2.77. The first kappa shape index (κ1) is 19.9. The lowest BCUT2D eigenvalue weighted by molar-refractivity contribution is 0.102. The number of hydrogen-bond donors (Lipinski definition) is 2. The minimum absolute atomic E-state index is 0.196. The van der Waals surface area contributed by atoms with Crippen molar-refractivity contribution in [3.63, 3.8) is 0 Å². The van der Waals surface area contributed by atoms with Gasteiger partial charge in [0.2, 0.25) is 5.95 Å². The van der Waals surface area contributed by atoms with E-state index in [1.807, 2.05) is 13.0 Å². The zero-order valence-electron chi connectivity index (χ0n) is 16.5. The number of para-hydroxylation sites is 1. The number of aromatic nitrogens is 2. The Morgan fingerprint density at radius 2 is 1.77 bits per heavy atom. The quantitative estimate of drug-likeness (QED) is 0.726. The summed E-state index contributed by atoms with van der Waals surface area (Å²) in [4.78, 5) is 21.6. The molecule has 0 fully saturated rings. The second-order valence-electron chi connectivity index (χ2n) is 6.94. The predicted molar refractivity (Wildman–Crippen MR) is 108 cm³/mol. The summed E-state index contributed by atoms with van der Waals surface area (Å²) < 4.78 is 0. The van der Waals surface area contributed by atoms with Gasteiger partial charge in [-0.3, -0.25) is 4.79 Å². The molecule has 0 aliphatic heterocycles. The van der Waals surface area contributed by atoms with E-state index in [9.17, 15) is 4.79 Å². The number of benzene rings is 1. The molecule has 1 aromatic heterocycles. The molecule has 0 saturated carbocycles. The summed E-state index contributed by atoms with van der Waals surface area (Å²) in [7, 11) is 0. The summed E-state index contributed by atoms with van der Waals surface area (Å²) in [6.45, 7) is 11.2. The lowest BCUT2D eigenvalue weighted by atomic mass is 10.0. The van der Waals surface area contributed by atoms with Crippen molar-refractivity contribution in [3.8, 4) is 0 Å². The highest BCUT2D eigenvalue weighted by Crippen LogP contribution is 2.23. The molecule has 0 aliphatic rings. The van der Waals surface area contributed by atoms with Crippen molar-refractivity contribution in [2.75, 3.05) is 17.2 Å². The first-order valence-electron chi connectivity index (χ1n) is 9.46. The Balaban J connectivity index is 2.21. The maximum atomic E-state index is 12.8. The number of rotatable bonds is 8. The molecule has 0 aliphatic carbocycles. The highest BCUT2D eigenvalue weighted by molar-refractivity contribution is 6.04. The third-order valence-corrected chi connectivity index (χ3v) is 4.33. The Kier molecular flexibility index (Phi) is 7.13. The van der Waals surface area contributed by atoms with E-state index in [1.165, 1.54) is 0 Å². The van der Waals surface area contributed by atoms with Crippen LogP contribution in [0.1, 0.15) is 61.4 Å². The summed E-state index contributed by atoms with van der Waals surface area (Å²) in [5, 5.41) is 6.29. The van der Waals surface area contributed by atoms with Crippen LogP contribution in [0.2, 0.25) is 0 Å². The van der Waals surface area contributed by atoms with Crippen LogP contribution >= 0.6 is 0 Å². The predicted octanol–water partition coefficient (Wildman–Crippen LogP) is 4.62. The van der Waals surface area contributed by atoms with Crippen LogP contribution in [0, 0.1) is 12.8 Å². The molecule has 0 unspecified atom stereocenters. The molecule has 1 heterocycles. The van der Waals surface area contributed by atoms with Gasteiger partial charge in [-0.1, -0.05) is 45.9 Å². The van der Waals surface area contributed by atoms with Gasteiger partial charge in [0.05, 0.1) is 0 Å². The van der Waals surface area contributed by atoms with Crippen molar-refractivity contribution in [2.45, 2.75) is 53.9 Å². The highest BCUT2D eigenvalue weighted by atomic mass is 16.1. The number of anilines is 2. The molecule has 5 heteroatoms. The van der Waals surface area contributed by atoms with Crippen molar-refractivity contribution >= 4 is 17.5 Å². The fourth-order valence-electron chi connectivity index (χ4n) is 2.82. The zero-order chi connectivity index (χ0) is 19.1. The van der Waals surface area contributed by atoms with Crippen LogP contribution in [0.3, 0.4) is 0 Å². The van der Waals surface area contributed by atoms with Gasteiger partial charge in [-0.05, 0) is 49.3 Å². The van der Waals surface area contributed by atoms with Crippen molar-refractivity contribution in [2.24, 2.45) is 5.92 Å². The Bertz CT molecular complexity index is 733. The van der Waals surface area contributed by atoms with Gasteiger partial charge in [-0.2, -0.15) is 0 Å². The third-order valence-electron chi connectivity index (χ3n) is 4.33. The minimum atomic E-state index is -0.196. The molecule has 5 nitrogen and oxygen atoms in total. The Hall–Kier alpha value is -2.43. The second kappa shape index (κ2) is 9.32. The molecule has 0 bridgehead atoms. The Labute approximate surface area is 156 Å². The van der Waals surface area contributed by atoms with Crippen LogP contribution in [-0.4, -0.2) is 22.4 Å². The number of aryl methyl sites for hydroxylation is 3. The number of nitrogens with zero attached hydrogens (tertiary/aromatic N) is 2. The molecule has 2 rings (SSSR count). The number of amides is 1. The molecule has 1 amide bonds. The van der Waals surface area contributed by atoms with Crippen LogP contribution < -0.4 is 10.6 Å². The fraction of sp³-hybridized carbons (Fsp3) is 0.476. The number of hydrogen-bond acceptors (Lipinski definition) is 4. The average molecular weight is 354 g/mol. The summed E-state index contributed by atoms with van der Waals surface area (Å²) in [5.41, 5.74) is 4.35. The number of carbonyl (C=O) groups is 1. The van der Waals surface area contributed by atoms with Gasteiger partial charge in [-0.15, -0.1) is 0 Å². The standard InChI is InChI=1S/C21H30N4O/c1-6-16-9-8-10-17(7-2)19(16)25-20(26)18-13-15(5)23-21(24-18)22-12-11-14(3)4/h8-10,13-14H,6-7,11-12H2,1-5H3,(H,25,26)(H,22,23,24). The minimum Gasteiger partial charge on any atom is -0.354 e. The topological polar surface area (TPSA) is 66.9 Å². The monoisotopic (exact) mass is 354 g/mol. The van der Waals surface area contributed by atoms with E-state index in [2.05, 4.69) is 60.4 Å². The zero-order valence-corrected chi connectivity index (χ0v) is 16.5. The van der Waals surface area contributed by atoms with Gasteiger partial charge in [0.25, 0.3) is 5.91 Å². The molecule has 0 saturated heterocycles. The van der Waals surface area contributed by atoms with E-state index in [1.54, 1.807) is 6.07 Å². The Morgan fingerprint density at radius 1 is 1.12 bits per heavy atom. The van der Waals surface area contributed by atoms with Gasteiger partial charge < -0.3 is 10.6 Å². The van der Waals surface area contributed by atoms with Crippen molar-refractivity contribution in [1.82, 2.24) is 9.97 Å². The lowest BCUT2D eigenvalue weighted by Gasteiger charge is -2.15. The average Bonchev–Trinajstić information content (AvgIpc) is 2.61. The first-order chi connectivity index (χ1) is 12.4. The Morgan fingerprint density at radius 3 is 2.35 bits per heavy atom. The molecule has 0 radical (unpaired) electrons. The van der Waals surface area contributed by atoms with E-state index in [-0.39, 0.29) is 5.91 Å². The lowest BCUT2D eigenvalue weighted by Crippen LogP contribution is -2.18. The maximum absolute atomic E-state index is 12.8. The smallest absolute Gasteiger partial charge is 0.274 e. The molecule has 0 atom stereocenters. The summed E-state index contributed by atoms with van der Waals surface area (Å²) in [6, 6.07) is 7.87. The second-order valence-corrected chi connectivity index (χ2v) is 6.94. The van der Waals surface area contributed by atoms with Gasteiger partial charge in [-0.25, -0.2) is 9.97 Å². The molecule has 2 aromatic rings. The molecule has 140 valence electrons. The van der Waals surface area contributed by atoms with Crippen LogP contribution in [0.15, 0.2) is 24.3 Å². The van der Waals surface area contributed by atoms with Gasteiger partial charge in [0.15, 0.2) is 0 Å². The molecular formula is C21H30N4O. The van der Waals surface area contributed by atoms with E-state index in [0.717, 1.165) is 48.3 Å². The maximum Gasteiger partial charge on any atom is 0.274 e. The molecular weight excluding hydrogens is 324 g/mol. The van der Waals surface area contributed by atoms with Gasteiger partial charge in [0, 0.05) is 17.9 Å². The van der Waals surface area contributed by atoms with Crippen LogP contribution in [0.4, 0.5) is 11.6 Å². The van der Waals surface area contributed by atoms with Crippen LogP contribution in [-0.2, 0) is 12.8 Å². The SMILES string of the molecule is CCc1cccc(CC)c1NC(=O)c1cc(C)nc(NCCC(C)C)n1. The summed E-state index contributed by atoms with van der Waals surface area (Å²) in [5.74, 6) is 0.918. The van der Waals surface area contributed by atoms with Crippen molar-refractivity contribution in [1.29, 1.82) is 0 Å². The molecule has 1 aromatic carbocycles. The number of nitrogens with one attached hydrogen (secondary N) is 2. The van der Waals surface area contributed by atoms with E-state index in [4.69, 9.17) is 0 Å². The van der Waals surface area contributed by atoms with Gasteiger partial charge >= 0.3 is 0 Å². The van der Waals surface area contributed by atoms with Crippen molar-refractivity contribution in [3.05, 3.63) is 46.8 Å². The van der Waals surface area contributed by atoms with Gasteiger partial charge in [0.1, 0.15) is 5.69 Å². The van der Waals surface area contributed by atoms with E-state index in [0.29, 0.717) is 17.6 Å². The molecule has 2 N–H and O–H groups in total. The van der Waals surface area contributed by atoms with Crippen LogP contribution in [0.5, 0.6) is 0 Å². The highest BCUT2D eigenvalue weighted by Gasteiger charge is 2.14. The number of carbonyl (C=O) groups excluding carboxylic acids is 1. The fourth-order valence-corrected chi connectivity index (χ4v) is 2.82. The summed E-state index contributed by atoms with van der Waals surface area (Å²) >= 11 is 0. The molecule has 0 spiro atoms. The van der Waals surface area contributed by atoms with E-state index >= 15 is 0 Å². The molecule has 26 heavy (non-hydrogen) atoms. The largest absolute Gasteiger partial charge is 0.354 e. The van der Waals surface area contributed by atoms with Crippen LogP contribution in [0.25, 0.3) is 0 Å². The third kappa shape index (κ3) is 5.28. The normalized spacial score (nSPS) is 10.8.